The van der Waals surface area contributed by atoms with Crippen molar-refractivity contribution in [3.8, 4) is 0 Å². The number of aromatic nitrogens is 2. The number of aliphatic imine (C=N–C) groups is 1. The Labute approximate surface area is 343 Å². The van der Waals surface area contributed by atoms with Crippen molar-refractivity contribution in [2.75, 3.05) is 25.0 Å². The highest BCUT2D eigenvalue weighted by Crippen LogP contribution is 2.28. The first-order chi connectivity index (χ1) is 28.0. The zero-order valence-corrected chi connectivity index (χ0v) is 33.8. The molecule has 1 aromatic rings. The van der Waals surface area contributed by atoms with Gasteiger partial charge in [0.2, 0.25) is 23.6 Å². The molecule has 23 nitrogen and oxygen atoms in total. The highest BCUT2D eigenvalue weighted by atomic mass is 19.1. The van der Waals surface area contributed by atoms with Crippen LogP contribution in [0.4, 0.5) is 10.2 Å². The Balaban J connectivity index is 2.14. The van der Waals surface area contributed by atoms with E-state index >= 15 is 4.39 Å². The van der Waals surface area contributed by atoms with Crippen LogP contribution in [0.1, 0.15) is 91.7 Å². The SMILES string of the molecule is CC(=O)CCCCCC(NC(=O)CC(NC(=O)CNC(=O)C(CCCN=C(N)N)CC(=O)OC(C)(C)C)C(=O)O)C(=O)Nc1nc(=O)n([C@@H]2O[C@H](CO)C(O)[C@@H]2O)cc1F. The molecule has 1 saturated heterocycles. The second-order valence-corrected chi connectivity index (χ2v) is 15.1. The van der Waals surface area contributed by atoms with Crippen LogP contribution in [0, 0.1) is 11.7 Å². The monoisotopic (exact) mass is 857 g/mol. The maximum Gasteiger partial charge on any atom is 0.351 e. The summed E-state index contributed by atoms with van der Waals surface area (Å²) >= 11 is 0. The number of carbonyl (C=O) groups is 7. The molecule has 1 fully saturated rings. The molecular formula is C36H56FN9O14. The van der Waals surface area contributed by atoms with Crippen molar-refractivity contribution in [2.24, 2.45) is 22.4 Å². The second-order valence-electron chi connectivity index (χ2n) is 15.1. The number of ketones is 1. The largest absolute Gasteiger partial charge is 0.480 e. The number of unbranched alkanes of at least 4 members (excludes halogenated alkanes) is 2. The van der Waals surface area contributed by atoms with Crippen LogP contribution in [0.5, 0.6) is 0 Å². The smallest absolute Gasteiger partial charge is 0.351 e. The number of carboxylic acids is 1. The van der Waals surface area contributed by atoms with E-state index in [1.165, 1.54) is 6.92 Å². The van der Waals surface area contributed by atoms with Crippen LogP contribution in [0.2, 0.25) is 0 Å². The Morgan fingerprint density at radius 2 is 1.63 bits per heavy atom. The molecule has 4 unspecified atom stereocenters. The molecule has 0 aromatic carbocycles. The van der Waals surface area contributed by atoms with E-state index in [-0.39, 0.29) is 56.8 Å². The van der Waals surface area contributed by atoms with Crippen LogP contribution in [0.15, 0.2) is 16.0 Å². The molecule has 0 saturated carbocycles. The third-order valence-electron chi connectivity index (χ3n) is 8.77. The molecule has 60 heavy (non-hydrogen) atoms. The summed E-state index contributed by atoms with van der Waals surface area (Å²) in [5.41, 5.74) is 8.58. The molecule has 0 radical (unpaired) electrons. The van der Waals surface area contributed by atoms with E-state index in [9.17, 15) is 58.8 Å². The van der Waals surface area contributed by atoms with E-state index in [2.05, 4.69) is 31.2 Å². The first-order valence-electron chi connectivity index (χ1n) is 19.1. The van der Waals surface area contributed by atoms with E-state index in [4.69, 9.17) is 20.9 Å². The molecular weight excluding hydrogens is 801 g/mol. The topological polar surface area (TPSA) is 366 Å². The Bertz CT molecular complexity index is 1780. The van der Waals surface area contributed by atoms with Crippen molar-refractivity contribution in [3.63, 3.8) is 0 Å². The van der Waals surface area contributed by atoms with Crippen molar-refractivity contribution in [1.29, 1.82) is 0 Å². The molecule has 7 atom stereocenters. The number of aliphatic hydroxyl groups is 3. The predicted octanol–water partition coefficient (Wildman–Crippen LogP) is -2.57. The summed E-state index contributed by atoms with van der Waals surface area (Å²) in [6.45, 7) is 4.99. The molecule has 1 aliphatic rings. The summed E-state index contributed by atoms with van der Waals surface area (Å²) in [6.07, 6.45) is -5.36. The number of ether oxygens (including phenoxy) is 2. The van der Waals surface area contributed by atoms with E-state index in [0.717, 1.165) is 0 Å². The van der Waals surface area contributed by atoms with Crippen LogP contribution < -0.4 is 38.4 Å². The molecule has 2 heterocycles. The highest BCUT2D eigenvalue weighted by Gasteiger charge is 2.44. The zero-order valence-electron chi connectivity index (χ0n) is 33.8. The van der Waals surface area contributed by atoms with Crippen LogP contribution >= 0.6 is 0 Å². The lowest BCUT2D eigenvalue weighted by Gasteiger charge is -2.22. The average Bonchev–Trinajstić information content (AvgIpc) is 3.43. The summed E-state index contributed by atoms with van der Waals surface area (Å²) < 4.78 is 26.2. The molecule has 2 rings (SSSR count). The number of nitrogens with zero attached hydrogens (tertiary/aromatic N) is 3. The number of carbonyl (C=O) groups excluding carboxylic acids is 6. The molecule has 0 spiro atoms. The minimum absolute atomic E-state index is 0.0766. The number of esters is 1. The molecule has 0 bridgehead atoms. The number of aliphatic carboxylic acids is 1. The molecule has 12 N–H and O–H groups in total. The van der Waals surface area contributed by atoms with Crippen LogP contribution in [0.25, 0.3) is 0 Å². The number of Topliss-reactive ketones (excluding diaryl/α,β-unsaturated/α-hetero) is 1. The first kappa shape index (κ1) is 50.6. The number of rotatable bonds is 24. The second kappa shape index (κ2) is 23.9. The maximum absolute atomic E-state index is 15.2. The number of nitrogens with two attached hydrogens (primary N) is 2. The minimum atomic E-state index is -1.87. The standard InChI is InChI=1S/C36H56FN9O14/c1-18(48)9-6-5-7-11-21(31(55)44-29-20(37)16-46(35(58)45-29)32-28(53)27(52)23(17-47)59-32)42-24(49)14-22(33(56)57)43-25(50)15-41-30(54)19(10-8-12-40-34(38)39)13-26(51)60-36(2,3)4/h16,19,21-23,27-28,32,47,52-53H,5-15,17H2,1-4H3,(H,41,54)(H,42,49)(H,43,50)(H,56,57)(H4,38,39,40)(H,44,45,55,58)/t19?,21?,22?,23-,27?,28+,32-/m1/s1. The van der Waals surface area contributed by atoms with Gasteiger partial charge in [0.15, 0.2) is 23.8 Å². The summed E-state index contributed by atoms with van der Waals surface area (Å²) in [7, 11) is 0. The van der Waals surface area contributed by atoms with Crippen LogP contribution in [-0.2, 0) is 43.0 Å². The predicted molar refractivity (Wildman–Crippen MR) is 207 cm³/mol. The number of hydrogen-bond acceptors (Lipinski definition) is 15. The van der Waals surface area contributed by atoms with Crippen molar-refractivity contribution >= 4 is 53.1 Å². The third kappa shape index (κ3) is 17.3. The lowest BCUT2D eigenvalue weighted by Crippen LogP contribution is -2.50. The van der Waals surface area contributed by atoms with Gasteiger partial charge in [-0.05, 0) is 53.4 Å². The fourth-order valence-corrected chi connectivity index (χ4v) is 5.85. The van der Waals surface area contributed by atoms with E-state index in [1.807, 2.05) is 0 Å². The highest BCUT2D eigenvalue weighted by molar-refractivity contribution is 5.97. The maximum atomic E-state index is 15.2. The van der Waals surface area contributed by atoms with Gasteiger partial charge in [0.25, 0.3) is 0 Å². The van der Waals surface area contributed by atoms with Gasteiger partial charge < -0.3 is 67.4 Å². The fraction of sp³-hybridized carbons (Fsp3) is 0.667. The number of guanidine groups is 1. The minimum Gasteiger partial charge on any atom is -0.480 e. The molecule has 24 heteroatoms. The number of amides is 4. The summed E-state index contributed by atoms with van der Waals surface area (Å²) in [5, 5.41) is 48.2. The van der Waals surface area contributed by atoms with Gasteiger partial charge in [-0.2, -0.15) is 4.98 Å². The van der Waals surface area contributed by atoms with Gasteiger partial charge in [-0.3, -0.25) is 33.5 Å². The number of hydrogen-bond donors (Lipinski definition) is 10. The first-order valence-corrected chi connectivity index (χ1v) is 19.1. The van der Waals surface area contributed by atoms with E-state index in [1.54, 1.807) is 20.8 Å². The van der Waals surface area contributed by atoms with E-state index < -0.39 is 121 Å². The summed E-state index contributed by atoms with van der Waals surface area (Å²) in [4.78, 5) is 108. The van der Waals surface area contributed by atoms with Gasteiger partial charge in [0.05, 0.1) is 32.2 Å². The normalized spacial score (nSPS) is 18.9. The van der Waals surface area contributed by atoms with Gasteiger partial charge in [-0.1, -0.05) is 12.8 Å². The number of aliphatic hydroxyl groups excluding tert-OH is 3. The Morgan fingerprint density at radius 3 is 2.22 bits per heavy atom. The molecule has 336 valence electrons. The van der Waals surface area contributed by atoms with Crippen molar-refractivity contribution in [1.82, 2.24) is 25.5 Å². The van der Waals surface area contributed by atoms with Crippen molar-refractivity contribution in [3.05, 3.63) is 22.5 Å². The average molecular weight is 858 g/mol. The number of halogens is 1. The fourth-order valence-electron chi connectivity index (χ4n) is 5.85. The van der Waals surface area contributed by atoms with Gasteiger partial charge >= 0.3 is 17.6 Å². The van der Waals surface area contributed by atoms with E-state index in [0.29, 0.717) is 23.6 Å². The quantitative estimate of drug-likeness (QED) is 0.0221. The molecule has 0 aliphatic carbocycles. The Morgan fingerprint density at radius 1 is 0.967 bits per heavy atom. The Kier molecular flexibility index (Phi) is 20.1. The third-order valence-corrected chi connectivity index (χ3v) is 8.77. The van der Waals surface area contributed by atoms with Gasteiger partial charge in [0, 0.05) is 18.9 Å². The lowest BCUT2D eigenvalue weighted by molar-refractivity contribution is -0.157. The number of anilines is 1. The zero-order chi connectivity index (χ0) is 45.3. The summed E-state index contributed by atoms with van der Waals surface area (Å²) in [5.74, 6) is -9.63. The Hall–Kier alpha value is -5.59. The lowest BCUT2D eigenvalue weighted by atomic mass is 9.98. The van der Waals surface area contributed by atoms with Gasteiger partial charge in [-0.25, -0.2) is 14.0 Å². The summed E-state index contributed by atoms with van der Waals surface area (Å²) in [6, 6.07) is -3.34. The van der Waals surface area contributed by atoms with Crippen molar-refractivity contribution in [2.45, 2.75) is 128 Å². The molecule has 1 aliphatic heterocycles. The van der Waals surface area contributed by atoms with Crippen LogP contribution in [-0.4, -0.2) is 133 Å². The van der Waals surface area contributed by atoms with Gasteiger partial charge in [-0.15, -0.1) is 0 Å². The number of carboxylic acid groups (broad SMARTS) is 1. The van der Waals surface area contributed by atoms with Gasteiger partial charge in [0.1, 0.15) is 41.8 Å². The molecule has 4 amide bonds. The van der Waals surface area contributed by atoms with Crippen LogP contribution in [0.3, 0.4) is 0 Å². The number of nitrogens with one attached hydrogen (secondary N) is 4. The molecule has 1 aromatic heterocycles. The van der Waals surface area contributed by atoms with Crippen molar-refractivity contribution < 1.29 is 67.9 Å².